The largest absolute Gasteiger partial charge is 0.379 e. The maximum Gasteiger partial charge on any atom is 0.264 e. The Balaban J connectivity index is 0.00000675. The van der Waals surface area contributed by atoms with Crippen molar-refractivity contribution >= 4 is 47.6 Å². The molecule has 246 valence electrons. The number of anilines is 1. The number of piperidine rings is 1. The standard InChI is InChI=1S/C28H40N4O11.ClH/c29-7-9-39-11-13-41-15-17-43-19-18-42-16-14-40-12-10-38-8-6-24(34)30-21-3-1-2-20-25(21)28(37)32(27(20)36)22-4-5-23(33)31-26(22)35;/h1-3,22H,4-19,29H2,(H,30,34)(H,31,33,35);1H. The fourth-order valence-corrected chi connectivity index (χ4v) is 4.28. The van der Waals surface area contributed by atoms with E-state index in [9.17, 15) is 24.0 Å². The molecule has 3 rings (SSSR count). The Morgan fingerprint density at radius 3 is 1.84 bits per heavy atom. The molecule has 1 saturated heterocycles. The molecule has 1 aromatic rings. The van der Waals surface area contributed by atoms with E-state index in [0.29, 0.717) is 72.6 Å². The predicted molar refractivity (Wildman–Crippen MR) is 158 cm³/mol. The molecule has 2 heterocycles. The fourth-order valence-electron chi connectivity index (χ4n) is 4.28. The number of amides is 5. The van der Waals surface area contributed by atoms with Crippen LogP contribution in [0.15, 0.2) is 18.2 Å². The highest BCUT2D eigenvalue weighted by Crippen LogP contribution is 2.32. The van der Waals surface area contributed by atoms with Gasteiger partial charge >= 0.3 is 0 Å². The van der Waals surface area contributed by atoms with E-state index in [-0.39, 0.29) is 61.7 Å². The van der Waals surface area contributed by atoms with E-state index in [2.05, 4.69) is 10.6 Å². The number of nitrogens with zero attached hydrogens (tertiary/aromatic N) is 1. The number of fused-ring (bicyclic) bond motifs is 1. The molecular formula is C28H41ClN4O11. The van der Waals surface area contributed by atoms with E-state index < -0.39 is 35.6 Å². The topological polar surface area (TPSA) is 194 Å². The van der Waals surface area contributed by atoms with Crippen molar-refractivity contribution in [1.82, 2.24) is 10.2 Å². The van der Waals surface area contributed by atoms with Gasteiger partial charge in [0.15, 0.2) is 0 Å². The number of hydrogen-bond donors (Lipinski definition) is 3. The SMILES string of the molecule is Cl.NCCOCCOCCOCCOCCOCCOCCC(=O)Nc1cccc2c1C(=O)N(C1CCC(=O)NC1=O)C2=O. The summed E-state index contributed by atoms with van der Waals surface area (Å²) >= 11 is 0. The van der Waals surface area contributed by atoms with Crippen molar-refractivity contribution < 1.29 is 52.4 Å². The van der Waals surface area contributed by atoms with E-state index in [4.69, 9.17) is 34.2 Å². The van der Waals surface area contributed by atoms with Crippen molar-refractivity contribution in [3.8, 4) is 0 Å². The second kappa shape index (κ2) is 20.8. The molecule has 1 atom stereocenters. The molecule has 0 aliphatic carbocycles. The first-order valence-electron chi connectivity index (χ1n) is 14.2. The zero-order valence-corrected chi connectivity index (χ0v) is 25.4. The van der Waals surface area contributed by atoms with E-state index in [0.717, 1.165) is 4.90 Å². The van der Waals surface area contributed by atoms with Gasteiger partial charge in [0, 0.05) is 13.0 Å². The quantitative estimate of drug-likeness (QED) is 0.112. The first-order chi connectivity index (χ1) is 20.9. The number of rotatable bonds is 22. The molecule has 0 aromatic heterocycles. The number of carbonyl (C=O) groups excluding carboxylic acids is 5. The highest BCUT2D eigenvalue weighted by Gasteiger charge is 2.45. The highest BCUT2D eigenvalue weighted by molar-refractivity contribution is 6.26. The van der Waals surface area contributed by atoms with E-state index >= 15 is 0 Å². The van der Waals surface area contributed by atoms with Crippen LogP contribution in [0.1, 0.15) is 40.0 Å². The molecule has 1 fully saturated rings. The van der Waals surface area contributed by atoms with Crippen molar-refractivity contribution in [2.45, 2.75) is 25.3 Å². The summed E-state index contributed by atoms with van der Waals surface area (Å²) in [6.07, 6.45) is 0.0799. The summed E-state index contributed by atoms with van der Waals surface area (Å²) in [5.74, 6) is -2.90. The molecular weight excluding hydrogens is 604 g/mol. The van der Waals surface area contributed by atoms with Crippen LogP contribution in [0.5, 0.6) is 0 Å². The molecule has 2 aliphatic heterocycles. The number of nitrogens with two attached hydrogens (primary N) is 1. The lowest BCUT2D eigenvalue weighted by Crippen LogP contribution is -2.54. The van der Waals surface area contributed by atoms with Crippen LogP contribution in [-0.2, 0) is 42.8 Å². The molecule has 15 nitrogen and oxygen atoms in total. The summed E-state index contributed by atoms with van der Waals surface area (Å²) in [4.78, 5) is 63.1. The Morgan fingerprint density at radius 2 is 1.32 bits per heavy atom. The molecule has 1 unspecified atom stereocenters. The van der Waals surface area contributed by atoms with Gasteiger partial charge in [0.25, 0.3) is 11.8 Å². The van der Waals surface area contributed by atoms with Gasteiger partial charge < -0.3 is 39.5 Å². The normalized spacial score (nSPS) is 16.1. The van der Waals surface area contributed by atoms with Crippen molar-refractivity contribution in [3.05, 3.63) is 29.3 Å². The summed E-state index contributed by atoms with van der Waals surface area (Å²) in [7, 11) is 0. The summed E-state index contributed by atoms with van der Waals surface area (Å²) in [6.45, 7) is 5.41. The zero-order valence-electron chi connectivity index (χ0n) is 24.5. The van der Waals surface area contributed by atoms with Gasteiger partial charge in [-0.15, -0.1) is 12.4 Å². The van der Waals surface area contributed by atoms with Crippen LogP contribution in [0, 0.1) is 0 Å². The minimum Gasteiger partial charge on any atom is -0.379 e. The van der Waals surface area contributed by atoms with Crippen molar-refractivity contribution in [2.24, 2.45) is 5.73 Å². The number of nitrogens with one attached hydrogen (secondary N) is 2. The average Bonchev–Trinajstić information content (AvgIpc) is 3.24. The number of carbonyl (C=O) groups is 5. The molecule has 2 aliphatic rings. The predicted octanol–water partition coefficient (Wildman–Crippen LogP) is -0.103. The van der Waals surface area contributed by atoms with Gasteiger partial charge in [0.1, 0.15) is 6.04 Å². The third-order valence-corrected chi connectivity index (χ3v) is 6.34. The summed E-state index contributed by atoms with van der Waals surface area (Å²) < 4.78 is 32.2. The van der Waals surface area contributed by atoms with Crippen LogP contribution in [-0.4, -0.2) is 126 Å². The van der Waals surface area contributed by atoms with Crippen molar-refractivity contribution in [3.63, 3.8) is 0 Å². The van der Waals surface area contributed by atoms with E-state index in [1.807, 2.05) is 0 Å². The van der Waals surface area contributed by atoms with Crippen molar-refractivity contribution in [2.75, 3.05) is 91.1 Å². The summed E-state index contributed by atoms with van der Waals surface area (Å²) in [5, 5.41) is 4.80. The Labute approximate surface area is 261 Å². The Bertz CT molecular complexity index is 1110. The van der Waals surface area contributed by atoms with Crippen LogP contribution in [0.3, 0.4) is 0 Å². The third kappa shape index (κ3) is 11.8. The number of benzene rings is 1. The molecule has 0 radical (unpaired) electrons. The second-order valence-electron chi connectivity index (χ2n) is 9.44. The van der Waals surface area contributed by atoms with Crippen LogP contribution in [0.25, 0.3) is 0 Å². The van der Waals surface area contributed by atoms with E-state index in [1.165, 1.54) is 18.2 Å². The van der Waals surface area contributed by atoms with Gasteiger partial charge in [-0.25, -0.2) is 0 Å². The lowest BCUT2D eigenvalue weighted by molar-refractivity contribution is -0.136. The molecule has 5 amide bonds. The average molecular weight is 645 g/mol. The van der Waals surface area contributed by atoms with Crippen LogP contribution < -0.4 is 16.4 Å². The van der Waals surface area contributed by atoms with Crippen LogP contribution in [0.4, 0.5) is 5.69 Å². The van der Waals surface area contributed by atoms with Crippen molar-refractivity contribution in [1.29, 1.82) is 0 Å². The molecule has 16 heteroatoms. The number of halogens is 1. The highest BCUT2D eigenvalue weighted by atomic mass is 35.5. The van der Waals surface area contributed by atoms with Gasteiger partial charge in [-0.05, 0) is 18.6 Å². The zero-order chi connectivity index (χ0) is 30.9. The van der Waals surface area contributed by atoms with Crippen LogP contribution in [0.2, 0.25) is 0 Å². The second-order valence-corrected chi connectivity index (χ2v) is 9.44. The van der Waals surface area contributed by atoms with Gasteiger partial charge in [0.2, 0.25) is 17.7 Å². The molecule has 0 bridgehead atoms. The minimum absolute atomic E-state index is 0. The van der Waals surface area contributed by atoms with Gasteiger partial charge in [-0.1, -0.05) is 6.07 Å². The maximum atomic E-state index is 13.1. The first-order valence-corrected chi connectivity index (χ1v) is 14.2. The van der Waals surface area contributed by atoms with Gasteiger partial charge in [0.05, 0.1) is 103 Å². The van der Waals surface area contributed by atoms with E-state index in [1.54, 1.807) is 0 Å². The molecule has 44 heavy (non-hydrogen) atoms. The fraction of sp³-hybridized carbons (Fsp3) is 0.607. The summed E-state index contributed by atoms with van der Waals surface area (Å²) in [6, 6.07) is 3.42. The Kier molecular flexibility index (Phi) is 17.6. The lowest BCUT2D eigenvalue weighted by Gasteiger charge is -2.27. The Hall–Kier alpha value is -3.02. The number of ether oxygens (including phenoxy) is 6. The van der Waals surface area contributed by atoms with Crippen LogP contribution >= 0.6 is 12.4 Å². The number of hydrogen-bond acceptors (Lipinski definition) is 12. The monoisotopic (exact) mass is 644 g/mol. The maximum absolute atomic E-state index is 13.1. The minimum atomic E-state index is -1.08. The smallest absolute Gasteiger partial charge is 0.264 e. The number of imide groups is 2. The first kappa shape index (κ1) is 37.2. The molecule has 0 saturated carbocycles. The lowest BCUT2D eigenvalue weighted by atomic mass is 10.0. The Morgan fingerprint density at radius 1 is 0.795 bits per heavy atom. The molecule has 0 spiro atoms. The molecule has 4 N–H and O–H groups in total. The third-order valence-electron chi connectivity index (χ3n) is 6.34. The molecule has 1 aromatic carbocycles. The van der Waals surface area contributed by atoms with Gasteiger partial charge in [-0.3, -0.25) is 34.2 Å². The van der Waals surface area contributed by atoms with Gasteiger partial charge in [-0.2, -0.15) is 0 Å². The summed E-state index contributed by atoms with van der Waals surface area (Å²) in [5.41, 5.74) is 5.59.